The van der Waals surface area contributed by atoms with Crippen molar-refractivity contribution in [2.24, 2.45) is 0 Å². The molecule has 0 atom stereocenters. The van der Waals surface area contributed by atoms with Crippen molar-refractivity contribution in [3.63, 3.8) is 0 Å². The first kappa shape index (κ1) is 15.8. The molecule has 98 valence electrons. The number of hydrogen-bond donors (Lipinski definition) is 5. The van der Waals surface area contributed by atoms with E-state index in [2.05, 4.69) is 11.7 Å². The van der Waals surface area contributed by atoms with Gasteiger partial charge in [0, 0.05) is 0 Å². The van der Waals surface area contributed by atoms with Crippen LogP contribution in [0, 0.1) is 0 Å². The first-order valence-corrected chi connectivity index (χ1v) is 5.57. The number of aliphatic hydroxyl groups is 5. The summed E-state index contributed by atoms with van der Waals surface area (Å²) in [6, 6.07) is 0. The Hall–Kier alpha value is -0.240. The molecular formula is C10H22O6. The normalized spacial score (nSPS) is 13.1. The minimum absolute atomic E-state index is 0.0669. The van der Waals surface area contributed by atoms with Crippen molar-refractivity contribution in [3.05, 3.63) is 0 Å². The highest BCUT2D eigenvalue weighted by molar-refractivity contribution is 4.60. The molecule has 0 amide bonds. The molecule has 16 heavy (non-hydrogen) atoms. The van der Waals surface area contributed by atoms with Crippen LogP contribution in [0.1, 0.15) is 45.4 Å². The molecule has 6 nitrogen and oxygen atoms in total. The lowest BCUT2D eigenvalue weighted by Gasteiger charge is -2.28. The predicted octanol–water partition coefficient (Wildman–Crippen LogP) is -0.367. The van der Waals surface area contributed by atoms with Gasteiger partial charge in [-0.1, -0.05) is 39.0 Å². The summed E-state index contributed by atoms with van der Waals surface area (Å²) in [6.07, 6.45) is 5.86. The molecule has 0 rings (SSSR count). The highest BCUT2D eigenvalue weighted by atomic mass is 16.8. The summed E-state index contributed by atoms with van der Waals surface area (Å²) in [5.41, 5.74) is 0. The number of ether oxygens (including phenoxy) is 1. The van der Waals surface area contributed by atoms with E-state index in [-0.39, 0.29) is 6.61 Å². The predicted molar refractivity (Wildman–Crippen MR) is 55.9 cm³/mol. The Morgan fingerprint density at radius 1 is 0.812 bits per heavy atom. The maximum absolute atomic E-state index is 8.88. The Morgan fingerprint density at radius 3 is 1.81 bits per heavy atom. The Labute approximate surface area is 95.1 Å². The van der Waals surface area contributed by atoms with Crippen LogP contribution >= 0.6 is 0 Å². The summed E-state index contributed by atoms with van der Waals surface area (Å²) in [4.78, 5) is 0. The highest BCUT2D eigenvalue weighted by Crippen LogP contribution is 2.16. The standard InChI is InChI=1S/C10H22O6/c1-2-3-4-5-6-7-8-16-10(14,15)9(11,12)13/h11-15H,2-8H2,1H3. The van der Waals surface area contributed by atoms with E-state index in [1.54, 1.807) is 0 Å². The molecule has 0 aromatic heterocycles. The van der Waals surface area contributed by atoms with E-state index in [9.17, 15) is 0 Å². The van der Waals surface area contributed by atoms with Crippen molar-refractivity contribution < 1.29 is 30.3 Å². The lowest BCUT2D eigenvalue weighted by atomic mass is 10.1. The van der Waals surface area contributed by atoms with Gasteiger partial charge in [0.2, 0.25) is 0 Å². The molecule has 6 heteroatoms. The molecule has 0 unspecified atom stereocenters. The van der Waals surface area contributed by atoms with Gasteiger partial charge in [0.1, 0.15) is 0 Å². The van der Waals surface area contributed by atoms with E-state index in [0.717, 1.165) is 32.1 Å². The maximum Gasteiger partial charge on any atom is 0.364 e. The van der Waals surface area contributed by atoms with Gasteiger partial charge in [-0.05, 0) is 6.42 Å². The summed E-state index contributed by atoms with van der Waals surface area (Å²) in [5, 5.41) is 43.3. The quantitative estimate of drug-likeness (QED) is 0.277. The molecule has 0 bridgehead atoms. The molecule has 0 aromatic rings. The molecule has 0 fully saturated rings. The van der Waals surface area contributed by atoms with Gasteiger partial charge < -0.3 is 30.3 Å². The first-order valence-electron chi connectivity index (χ1n) is 5.57. The molecule has 0 aromatic carbocycles. The Morgan fingerprint density at radius 2 is 1.31 bits per heavy atom. The Balaban J connectivity index is 3.51. The summed E-state index contributed by atoms with van der Waals surface area (Å²) in [7, 11) is 0. The molecule has 0 saturated heterocycles. The van der Waals surface area contributed by atoms with Crippen LogP contribution in [0.15, 0.2) is 0 Å². The van der Waals surface area contributed by atoms with Crippen LogP contribution in [0.2, 0.25) is 0 Å². The van der Waals surface area contributed by atoms with Gasteiger partial charge in [0.15, 0.2) is 0 Å². The lowest BCUT2D eigenvalue weighted by molar-refractivity contribution is -0.521. The van der Waals surface area contributed by atoms with Gasteiger partial charge in [0.05, 0.1) is 6.61 Å². The zero-order chi connectivity index (χ0) is 12.7. The van der Waals surface area contributed by atoms with Gasteiger partial charge >= 0.3 is 11.9 Å². The van der Waals surface area contributed by atoms with Crippen LogP contribution in [0.4, 0.5) is 0 Å². The molecule has 0 aliphatic heterocycles. The Kier molecular flexibility index (Phi) is 7.05. The monoisotopic (exact) mass is 238 g/mol. The third kappa shape index (κ3) is 6.37. The summed E-state index contributed by atoms with van der Waals surface area (Å²) < 4.78 is 4.36. The first-order chi connectivity index (χ1) is 7.31. The fraction of sp³-hybridized carbons (Fsp3) is 1.00. The smallest absolute Gasteiger partial charge is 0.337 e. The van der Waals surface area contributed by atoms with E-state index in [1.807, 2.05) is 0 Å². The molecule has 0 radical (unpaired) electrons. The van der Waals surface area contributed by atoms with Crippen LogP contribution in [-0.4, -0.2) is 44.1 Å². The van der Waals surface area contributed by atoms with Crippen LogP contribution < -0.4 is 0 Å². The van der Waals surface area contributed by atoms with Crippen molar-refractivity contribution in [1.82, 2.24) is 0 Å². The van der Waals surface area contributed by atoms with Gasteiger partial charge in [-0.15, -0.1) is 0 Å². The van der Waals surface area contributed by atoms with Crippen molar-refractivity contribution in [2.75, 3.05) is 6.61 Å². The molecule has 0 saturated carbocycles. The van der Waals surface area contributed by atoms with Crippen LogP contribution in [0.25, 0.3) is 0 Å². The second-order valence-corrected chi connectivity index (χ2v) is 3.86. The minimum Gasteiger partial charge on any atom is -0.337 e. The van der Waals surface area contributed by atoms with Crippen molar-refractivity contribution in [3.8, 4) is 0 Å². The van der Waals surface area contributed by atoms with E-state index in [1.165, 1.54) is 0 Å². The maximum atomic E-state index is 8.88. The summed E-state index contributed by atoms with van der Waals surface area (Å²) in [6.45, 7) is 2.04. The topological polar surface area (TPSA) is 110 Å². The van der Waals surface area contributed by atoms with Crippen LogP contribution in [0.3, 0.4) is 0 Å². The average molecular weight is 238 g/mol. The van der Waals surface area contributed by atoms with E-state index >= 15 is 0 Å². The molecular weight excluding hydrogens is 216 g/mol. The van der Waals surface area contributed by atoms with Gasteiger partial charge in [-0.3, -0.25) is 0 Å². The third-order valence-corrected chi connectivity index (χ3v) is 2.24. The lowest BCUT2D eigenvalue weighted by Crippen LogP contribution is -2.56. The fourth-order valence-electron chi connectivity index (χ4n) is 1.19. The van der Waals surface area contributed by atoms with E-state index in [4.69, 9.17) is 25.5 Å². The molecule has 0 aliphatic carbocycles. The third-order valence-electron chi connectivity index (χ3n) is 2.24. The number of rotatable bonds is 9. The average Bonchev–Trinajstić information content (AvgIpc) is 2.14. The summed E-state index contributed by atoms with van der Waals surface area (Å²) >= 11 is 0. The zero-order valence-corrected chi connectivity index (χ0v) is 9.59. The van der Waals surface area contributed by atoms with Crippen molar-refractivity contribution in [2.45, 2.75) is 57.4 Å². The van der Waals surface area contributed by atoms with Gasteiger partial charge in [0.25, 0.3) is 0 Å². The van der Waals surface area contributed by atoms with E-state index < -0.39 is 11.9 Å². The number of hydrogen-bond acceptors (Lipinski definition) is 6. The minimum atomic E-state index is -3.67. The van der Waals surface area contributed by atoms with E-state index in [0.29, 0.717) is 6.42 Å². The van der Waals surface area contributed by atoms with Gasteiger partial charge in [-0.2, -0.15) is 0 Å². The SMILES string of the molecule is CCCCCCCCOC(O)(O)C(O)(O)O. The molecule has 0 heterocycles. The number of unbranched alkanes of at least 4 members (excludes halogenated alkanes) is 5. The molecule has 5 N–H and O–H groups in total. The van der Waals surface area contributed by atoms with Gasteiger partial charge in [-0.25, -0.2) is 0 Å². The van der Waals surface area contributed by atoms with Crippen LogP contribution in [-0.2, 0) is 4.74 Å². The van der Waals surface area contributed by atoms with Crippen LogP contribution in [0.5, 0.6) is 0 Å². The highest BCUT2D eigenvalue weighted by Gasteiger charge is 2.48. The largest absolute Gasteiger partial charge is 0.364 e. The fourth-order valence-corrected chi connectivity index (χ4v) is 1.19. The Bertz CT molecular complexity index is 175. The molecule has 0 aliphatic rings. The second-order valence-electron chi connectivity index (χ2n) is 3.86. The second kappa shape index (κ2) is 7.16. The van der Waals surface area contributed by atoms with Crippen molar-refractivity contribution >= 4 is 0 Å². The zero-order valence-electron chi connectivity index (χ0n) is 9.59. The molecule has 0 spiro atoms. The summed E-state index contributed by atoms with van der Waals surface area (Å²) in [5.74, 6) is -7.02. The van der Waals surface area contributed by atoms with Crippen molar-refractivity contribution in [1.29, 1.82) is 0 Å².